The fourth-order valence-electron chi connectivity index (χ4n) is 2.62. The van der Waals surface area contributed by atoms with Gasteiger partial charge in [0.2, 0.25) is 10.0 Å². The molecule has 0 unspecified atom stereocenters. The second-order valence-corrected chi connectivity index (χ2v) is 7.57. The van der Waals surface area contributed by atoms with E-state index in [4.69, 9.17) is 5.11 Å². The molecule has 0 aromatic heterocycles. The van der Waals surface area contributed by atoms with Gasteiger partial charge in [-0.2, -0.15) is 0 Å². The molecule has 1 aliphatic rings. The topological polar surface area (TPSA) is 83.5 Å². The highest BCUT2D eigenvalue weighted by molar-refractivity contribution is 7.90. The molecule has 1 aliphatic carbocycles. The average Bonchev–Trinajstić information content (AvgIpc) is 3.30. The first-order valence-electron chi connectivity index (χ1n) is 7.18. The van der Waals surface area contributed by atoms with Gasteiger partial charge in [0.05, 0.1) is 17.7 Å². The smallest absolute Gasteiger partial charge is 0.305 e. The van der Waals surface area contributed by atoms with Crippen molar-refractivity contribution in [3.8, 4) is 0 Å². The Hall–Kier alpha value is -1.92. The first-order chi connectivity index (χ1) is 10.5. The molecule has 0 saturated heterocycles. The van der Waals surface area contributed by atoms with E-state index in [9.17, 15) is 13.2 Å². The van der Waals surface area contributed by atoms with Gasteiger partial charge >= 0.3 is 5.97 Å². The Kier molecular flexibility index (Phi) is 3.88. The van der Waals surface area contributed by atoms with Gasteiger partial charge in [0, 0.05) is 0 Å². The molecule has 116 valence electrons. The van der Waals surface area contributed by atoms with Crippen molar-refractivity contribution in [1.29, 1.82) is 0 Å². The molecule has 0 bridgehead atoms. The van der Waals surface area contributed by atoms with E-state index in [1.165, 1.54) is 0 Å². The predicted octanol–water partition coefficient (Wildman–Crippen LogP) is 2.44. The summed E-state index contributed by atoms with van der Waals surface area (Å²) < 4.78 is 27.0. The molecular weight excluding hydrogens is 302 g/mol. The number of nitrogens with one attached hydrogen (secondary N) is 1. The molecule has 0 amide bonds. The van der Waals surface area contributed by atoms with Crippen molar-refractivity contribution in [2.75, 3.05) is 0 Å². The number of carbonyl (C=O) groups is 1. The van der Waals surface area contributed by atoms with Crippen LogP contribution in [0.25, 0.3) is 10.8 Å². The molecule has 22 heavy (non-hydrogen) atoms. The minimum Gasteiger partial charge on any atom is -0.481 e. The van der Waals surface area contributed by atoms with Gasteiger partial charge in [-0.15, -0.1) is 0 Å². The monoisotopic (exact) mass is 319 g/mol. The van der Waals surface area contributed by atoms with Crippen LogP contribution in [0, 0.1) is 0 Å². The lowest BCUT2D eigenvalue weighted by Crippen LogP contribution is -2.32. The van der Waals surface area contributed by atoms with E-state index < -0.39 is 22.0 Å². The van der Waals surface area contributed by atoms with Gasteiger partial charge in [0.25, 0.3) is 0 Å². The normalized spacial score (nSPS) is 16.5. The van der Waals surface area contributed by atoms with Crippen molar-refractivity contribution >= 4 is 26.8 Å². The van der Waals surface area contributed by atoms with Gasteiger partial charge in [-0.25, -0.2) is 13.1 Å². The highest BCUT2D eigenvalue weighted by atomic mass is 32.2. The van der Waals surface area contributed by atoms with Crippen LogP contribution in [0.15, 0.2) is 42.5 Å². The molecule has 1 saturated carbocycles. The van der Waals surface area contributed by atoms with Gasteiger partial charge in [-0.1, -0.05) is 42.5 Å². The molecule has 3 rings (SSSR count). The summed E-state index contributed by atoms with van der Waals surface area (Å²) in [6.07, 6.45) is 1.01. The molecule has 0 aliphatic heterocycles. The third-order valence-electron chi connectivity index (χ3n) is 3.85. The molecule has 6 heteroatoms. The fourth-order valence-corrected chi connectivity index (χ4v) is 4.17. The molecule has 2 aromatic rings. The largest absolute Gasteiger partial charge is 0.481 e. The zero-order valence-electron chi connectivity index (χ0n) is 11.9. The molecule has 2 aromatic carbocycles. The molecule has 2 N–H and O–H groups in total. The number of carboxylic acid groups (broad SMARTS) is 1. The van der Waals surface area contributed by atoms with Gasteiger partial charge in [0.1, 0.15) is 0 Å². The van der Waals surface area contributed by atoms with E-state index in [-0.39, 0.29) is 11.7 Å². The van der Waals surface area contributed by atoms with Crippen molar-refractivity contribution in [2.45, 2.75) is 30.6 Å². The number of benzene rings is 2. The summed E-state index contributed by atoms with van der Waals surface area (Å²) in [7, 11) is -3.46. The zero-order valence-corrected chi connectivity index (χ0v) is 12.7. The summed E-state index contributed by atoms with van der Waals surface area (Å²) in [5, 5.41) is 10.6. The maximum Gasteiger partial charge on any atom is 0.305 e. The van der Waals surface area contributed by atoms with E-state index in [1.807, 2.05) is 36.4 Å². The SMILES string of the molecule is O=C(O)C[C@@H](NS(=O)(=O)C1CC1)c1cccc2ccccc12. The Balaban J connectivity index is 2.02. The van der Waals surface area contributed by atoms with Gasteiger partial charge in [-0.05, 0) is 29.2 Å². The van der Waals surface area contributed by atoms with Gasteiger partial charge < -0.3 is 5.11 Å². The lowest BCUT2D eigenvalue weighted by molar-refractivity contribution is -0.137. The third-order valence-corrected chi connectivity index (χ3v) is 5.81. The molecule has 1 fully saturated rings. The first-order valence-corrected chi connectivity index (χ1v) is 8.72. The van der Waals surface area contributed by atoms with Crippen LogP contribution in [0.5, 0.6) is 0 Å². The highest BCUT2D eigenvalue weighted by Crippen LogP contribution is 2.32. The number of carboxylic acids is 1. The maximum atomic E-state index is 12.2. The van der Waals surface area contributed by atoms with E-state index in [1.54, 1.807) is 6.07 Å². The summed E-state index contributed by atoms with van der Waals surface area (Å²) in [6, 6.07) is 12.3. The predicted molar refractivity (Wildman–Crippen MR) is 84.0 cm³/mol. The summed E-state index contributed by atoms with van der Waals surface area (Å²) in [5.41, 5.74) is 0.699. The Morgan fingerprint density at radius 3 is 2.55 bits per heavy atom. The van der Waals surface area contributed by atoms with Crippen molar-refractivity contribution in [1.82, 2.24) is 4.72 Å². The van der Waals surface area contributed by atoms with Crippen LogP contribution in [0.2, 0.25) is 0 Å². The van der Waals surface area contributed by atoms with Crippen LogP contribution in [0.1, 0.15) is 30.9 Å². The Morgan fingerprint density at radius 1 is 1.18 bits per heavy atom. The standard InChI is InChI=1S/C16H17NO4S/c18-16(19)10-15(17-22(20,21)12-8-9-12)14-7-3-5-11-4-1-2-6-13(11)14/h1-7,12,15,17H,8-10H2,(H,18,19)/t15-/m1/s1. The minimum absolute atomic E-state index is 0.278. The summed E-state index contributed by atoms with van der Waals surface area (Å²) >= 11 is 0. The molecule has 0 spiro atoms. The number of hydrogen-bond acceptors (Lipinski definition) is 3. The molecule has 0 radical (unpaired) electrons. The van der Waals surface area contributed by atoms with E-state index >= 15 is 0 Å². The summed E-state index contributed by atoms with van der Waals surface area (Å²) in [6.45, 7) is 0. The van der Waals surface area contributed by atoms with Gasteiger partial charge in [-0.3, -0.25) is 4.79 Å². The van der Waals surface area contributed by atoms with Crippen LogP contribution >= 0.6 is 0 Å². The highest BCUT2D eigenvalue weighted by Gasteiger charge is 2.37. The third kappa shape index (κ3) is 3.13. The van der Waals surface area contributed by atoms with Crippen LogP contribution in [0.3, 0.4) is 0 Å². The second-order valence-electron chi connectivity index (χ2n) is 5.58. The summed E-state index contributed by atoms with van der Waals surface area (Å²) in [5.74, 6) is -1.03. The van der Waals surface area contributed by atoms with Crippen molar-refractivity contribution in [3.05, 3.63) is 48.0 Å². The van der Waals surface area contributed by atoms with E-state index in [0.717, 1.165) is 10.8 Å². The average molecular weight is 319 g/mol. The fraction of sp³-hybridized carbons (Fsp3) is 0.312. The van der Waals surface area contributed by atoms with Crippen LogP contribution in [0.4, 0.5) is 0 Å². The van der Waals surface area contributed by atoms with E-state index in [2.05, 4.69) is 4.72 Å². The number of sulfonamides is 1. The molecular formula is C16H17NO4S. The van der Waals surface area contributed by atoms with Crippen LogP contribution < -0.4 is 4.72 Å². The maximum absolute atomic E-state index is 12.2. The minimum atomic E-state index is -3.46. The van der Waals surface area contributed by atoms with Gasteiger partial charge in [0.15, 0.2) is 0 Å². The first kappa shape index (κ1) is 15.0. The molecule has 0 heterocycles. The van der Waals surface area contributed by atoms with Crippen LogP contribution in [-0.4, -0.2) is 24.7 Å². The zero-order chi connectivity index (χ0) is 15.7. The van der Waals surface area contributed by atoms with Crippen molar-refractivity contribution in [3.63, 3.8) is 0 Å². The number of aliphatic carboxylic acids is 1. The Labute approximate surface area is 129 Å². The number of hydrogen-bond donors (Lipinski definition) is 2. The van der Waals surface area contributed by atoms with Crippen molar-refractivity contribution < 1.29 is 18.3 Å². The Morgan fingerprint density at radius 2 is 1.86 bits per heavy atom. The molecule has 1 atom stereocenters. The number of fused-ring (bicyclic) bond motifs is 1. The Bertz CT molecular complexity index is 807. The van der Waals surface area contributed by atoms with Crippen LogP contribution in [-0.2, 0) is 14.8 Å². The quantitative estimate of drug-likeness (QED) is 0.856. The lowest BCUT2D eigenvalue weighted by Gasteiger charge is -2.19. The summed E-state index contributed by atoms with van der Waals surface area (Å²) in [4.78, 5) is 11.2. The van der Waals surface area contributed by atoms with Crippen molar-refractivity contribution in [2.24, 2.45) is 0 Å². The van der Waals surface area contributed by atoms with E-state index in [0.29, 0.717) is 18.4 Å². The lowest BCUT2D eigenvalue weighted by atomic mass is 9.97. The second kappa shape index (κ2) is 5.70. The molecule has 5 nitrogen and oxygen atoms in total. The number of rotatable bonds is 6.